The average Bonchev–Trinajstić information content (AvgIpc) is 1.98. The van der Waals surface area contributed by atoms with Crippen molar-refractivity contribution in [3.05, 3.63) is 12.7 Å². The fourth-order valence-electron chi connectivity index (χ4n) is 0.804. The van der Waals surface area contributed by atoms with Crippen molar-refractivity contribution >= 4 is 0 Å². The lowest BCUT2D eigenvalue weighted by molar-refractivity contribution is 0.594. The summed E-state index contributed by atoms with van der Waals surface area (Å²) in [4.78, 5) is 0. The molecular formula is C9H15N. The maximum atomic E-state index is 8.42. The molecule has 1 nitrogen and oxygen atoms in total. The summed E-state index contributed by atoms with van der Waals surface area (Å²) in [6.45, 7) is 5.60. The number of hydrogen-bond acceptors (Lipinski definition) is 1. The van der Waals surface area contributed by atoms with Gasteiger partial charge in [0.05, 0.1) is 6.07 Å². The predicted molar refractivity (Wildman–Crippen MR) is 43.4 cm³/mol. The third-order valence-electron chi connectivity index (χ3n) is 1.52. The summed E-state index contributed by atoms with van der Waals surface area (Å²) in [5.41, 5.74) is 0. The molecule has 0 saturated carbocycles. The molecule has 10 heavy (non-hydrogen) atoms. The smallest absolute Gasteiger partial charge is 0.0652 e. The van der Waals surface area contributed by atoms with Gasteiger partial charge < -0.3 is 0 Å². The summed E-state index contributed by atoms with van der Waals surface area (Å²) < 4.78 is 0. The van der Waals surface area contributed by atoms with Crippen molar-refractivity contribution in [2.24, 2.45) is 5.92 Å². The molecule has 0 aromatic heterocycles. The van der Waals surface area contributed by atoms with Crippen molar-refractivity contribution in [1.29, 1.82) is 5.26 Å². The van der Waals surface area contributed by atoms with E-state index < -0.39 is 0 Å². The highest BCUT2D eigenvalue weighted by molar-refractivity contribution is 4.78. The van der Waals surface area contributed by atoms with Gasteiger partial charge in [0.1, 0.15) is 0 Å². The zero-order chi connectivity index (χ0) is 7.82. The van der Waals surface area contributed by atoms with Gasteiger partial charge >= 0.3 is 0 Å². The van der Waals surface area contributed by atoms with E-state index in [1.807, 2.05) is 13.0 Å². The first kappa shape index (κ1) is 9.23. The fraction of sp³-hybridized carbons (Fsp3) is 0.667. The first-order valence-electron chi connectivity index (χ1n) is 3.81. The molecule has 0 aliphatic carbocycles. The van der Waals surface area contributed by atoms with Crippen LogP contribution in [0.25, 0.3) is 0 Å². The van der Waals surface area contributed by atoms with E-state index in [0.717, 1.165) is 19.3 Å². The van der Waals surface area contributed by atoms with Crippen LogP contribution in [-0.2, 0) is 0 Å². The van der Waals surface area contributed by atoms with Gasteiger partial charge in [-0.3, -0.25) is 0 Å². The van der Waals surface area contributed by atoms with Crippen molar-refractivity contribution in [1.82, 2.24) is 0 Å². The third-order valence-corrected chi connectivity index (χ3v) is 1.52. The maximum absolute atomic E-state index is 8.42. The zero-order valence-corrected chi connectivity index (χ0v) is 6.64. The number of hydrogen-bond donors (Lipinski definition) is 0. The molecule has 1 unspecified atom stereocenters. The first-order valence-corrected chi connectivity index (χ1v) is 3.81. The Labute approximate surface area is 63.4 Å². The predicted octanol–water partition coefficient (Wildman–Crippen LogP) is 2.89. The van der Waals surface area contributed by atoms with Crippen LogP contribution >= 0.6 is 0 Å². The van der Waals surface area contributed by atoms with Crippen LogP contribution in [0.4, 0.5) is 0 Å². The average molecular weight is 137 g/mol. The van der Waals surface area contributed by atoms with E-state index in [2.05, 4.69) is 12.6 Å². The minimum atomic E-state index is 0.227. The molecule has 0 fully saturated rings. The van der Waals surface area contributed by atoms with Crippen molar-refractivity contribution in [3.8, 4) is 6.07 Å². The number of rotatable bonds is 5. The van der Waals surface area contributed by atoms with Gasteiger partial charge in [0.2, 0.25) is 0 Å². The molecule has 1 heteroatoms. The van der Waals surface area contributed by atoms with Gasteiger partial charge in [-0.25, -0.2) is 0 Å². The molecule has 0 bridgehead atoms. The van der Waals surface area contributed by atoms with Gasteiger partial charge in [-0.2, -0.15) is 5.26 Å². The third kappa shape index (κ3) is 5.37. The van der Waals surface area contributed by atoms with E-state index in [1.165, 1.54) is 6.42 Å². The molecule has 0 spiro atoms. The topological polar surface area (TPSA) is 23.8 Å². The molecule has 1 atom stereocenters. The van der Waals surface area contributed by atoms with Crippen LogP contribution in [-0.4, -0.2) is 0 Å². The molecule has 0 heterocycles. The second kappa shape index (κ2) is 6.35. The second-order valence-electron chi connectivity index (χ2n) is 2.60. The lowest BCUT2D eigenvalue weighted by Gasteiger charge is -1.98. The first-order chi connectivity index (χ1) is 4.81. The molecule has 0 aromatic rings. The Bertz CT molecular complexity index is 121. The van der Waals surface area contributed by atoms with Crippen LogP contribution in [0, 0.1) is 17.2 Å². The lowest BCUT2D eigenvalue weighted by atomic mass is 10.1. The molecule has 0 saturated heterocycles. The van der Waals surface area contributed by atoms with Crippen LogP contribution in [0.1, 0.15) is 32.6 Å². The normalized spacial score (nSPS) is 12.0. The molecule has 0 aromatic carbocycles. The summed E-state index contributed by atoms with van der Waals surface area (Å²) in [6, 6.07) is 2.22. The van der Waals surface area contributed by atoms with Crippen LogP contribution in [0.3, 0.4) is 0 Å². The van der Waals surface area contributed by atoms with Gasteiger partial charge in [-0.1, -0.05) is 12.5 Å². The van der Waals surface area contributed by atoms with E-state index in [1.54, 1.807) is 0 Å². The highest BCUT2D eigenvalue weighted by Gasteiger charge is 1.96. The van der Waals surface area contributed by atoms with Crippen LogP contribution in [0.15, 0.2) is 12.7 Å². The lowest BCUT2D eigenvalue weighted by Crippen LogP contribution is -1.88. The van der Waals surface area contributed by atoms with E-state index in [4.69, 9.17) is 5.26 Å². The molecule has 0 aliphatic heterocycles. The largest absolute Gasteiger partial charge is 0.198 e. The summed E-state index contributed by atoms with van der Waals surface area (Å²) >= 11 is 0. The Morgan fingerprint density at radius 3 is 2.80 bits per heavy atom. The van der Waals surface area contributed by atoms with Gasteiger partial charge in [-0.15, -0.1) is 6.58 Å². The number of nitrogens with zero attached hydrogens (tertiary/aromatic N) is 1. The van der Waals surface area contributed by atoms with Crippen molar-refractivity contribution < 1.29 is 0 Å². The zero-order valence-electron chi connectivity index (χ0n) is 6.64. The van der Waals surface area contributed by atoms with Crippen LogP contribution in [0.2, 0.25) is 0 Å². The minimum Gasteiger partial charge on any atom is -0.198 e. The Hall–Kier alpha value is -0.770. The molecule has 0 N–H and O–H groups in total. The van der Waals surface area contributed by atoms with E-state index >= 15 is 0 Å². The minimum absolute atomic E-state index is 0.227. The second-order valence-corrected chi connectivity index (χ2v) is 2.60. The molecule has 0 radical (unpaired) electrons. The number of allylic oxidation sites excluding steroid dienone is 1. The molecular weight excluding hydrogens is 122 g/mol. The molecule has 56 valence electrons. The van der Waals surface area contributed by atoms with Gasteiger partial charge in [0, 0.05) is 5.92 Å². The highest BCUT2D eigenvalue weighted by atomic mass is 14.2. The Kier molecular flexibility index (Phi) is 5.86. The summed E-state index contributed by atoms with van der Waals surface area (Å²) in [7, 11) is 0. The fourth-order valence-corrected chi connectivity index (χ4v) is 0.804. The van der Waals surface area contributed by atoms with Crippen molar-refractivity contribution in [2.75, 3.05) is 0 Å². The number of unbranched alkanes of at least 4 members (excludes halogenated alkanes) is 2. The van der Waals surface area contributed by atoms with Gasteiger partial charge in [-0.05, 0) is 26.2 Å². The standard InChI is InChI=1S/C9H15N/c1-3-4-5-6-7-9(2)8-10/h3,9H,1,4-7H2,2H3. The Morgan fingerprint density at radius 1 is 1.60 bits per heavy atom. The summed E-state index contributed by atoms with van der Waals surface area (Å²) in [5, 5.41) is 8.42. The van der Waals surface area contributed by atoms with E-state index in [9.17, 15) is 0 Å². The van der Waals surface area contributed by atoms with Crippen LogP contribution < -0.4 is 0 Å². The summed E-state index contributed by atoms with van der Waals surface area (Å²) in [6.07, 6.45) is 6.37. The van der Waals surface area contributed by atoms with E-state index in [-0.39, 0.29) is 5.92 Å². The molecule has 0 rings (SSSR count). The summed E-state index contributed by atoms with van der Waals surface area (Å²) in [5.74, 6) is 0.227. The highest BCUT2D eigenvalue weighted by Crippen LogP contribution is 2.07. The quantitative estimate of drug-likeness (QED) is 0.422. The van der Waals surface area contributed by atoms with E-state index in [0.29, 0.717) is 0 Å². The van der Waals surface area contributed by atoms with Crippen LogP contribution in [0.5, 0.6) is 0 Å². The monoisotopic (exact) mass is 137 g/mol. The SMILES string of the molecule is C=CCCCCC(C)C#N. The Balaban J connectivity index is 3.05. The molecule has 0 aliphatic rings. The maximum Gasteiger partial charge on any atom is 0.0652 e. The van der Waals surface area contributed by atoms with Crippen molar-refractivity contribution in [3.63, 3.8) is 0 Å². The Morgan fingerprint density at radius 2 is 2.30 bits per heavy atom. The van der Waals surface area contributed by atoms with Gasteiger partial charge in [0.25, 0.3) is 0 Å². The number of nitriles is 1. The van der Waals surface area contributed by atoms with Gasteiger partial charge in [0.15, 0.2) is 0 Å². The van der Waals surface area contributed by atoms with Crippen molar-refractivity contribution in [2.45, 2.75) is 32.6 Å². The molecule has 0 amide bonds.